The quantitative estimate of drug-likeness (QED) is 0.188. The van der Waals surface area contributed by atoms with Gasteiger partial charge in [-0.2, -0.15) is 0 Å². The van der Waals surface area contributed by atoms with E-state index >= 15 is 0 Å². The summed E-state index contributed by atoms with van der Waals surface area (Å²) in [6, 6.07) is 0. The van der Waals surface area contributed by atoms with Crippen molar-refractivity contribution in [2.75, 3.05) is 0 Å². The molecule has 356 valence electrons. The second kappa shape index (κ2) is 179. The van der Waals surface area contributed by atoms with E-state index in [0.29, 0.717) is 0 Å². The van der Waals surface area contributed by atoms with Crippen LogP contribution in [0, 0.1) is 0 Å². The van der Waals surface area contributed by atoms with E-state index in [2.05, 4.69) is 243 Å². The molecule has 3 nitrogen and oxygen atoms in total. The van der Waals surface area contributed by atoms with E-state index < -0.39 is 25.4 Å². The Bertz CT molecular complexity index is 685. The van der Waals surface area contributed by atoms with E-state index in [1.54, 1.807) is 0 Å². The first-order valence-corrected chi connectivity index (χ1v) is 24.3. The summed E-state index contributed by atoms with van der Waals surface area (Å²) >= 11 is 32.3. The highest BCUT2D eigenvalue weighted by Crippen LogP contribution is 2.20. The Labute approximate surface area is 413 Å². The van der Waals surface area contributed by atoms with Gasteiger partial charge < -0.3 is 12.3 Å². The van der Waals surface area contributed by atoms with E-state index in [9.17, 15) is 0 Å². The standard InChI is InChI=1S/C8H26O3Si4.8C2H2S.17CH4/c1-12-9-14(5,6)11-15(7,8)10-13(2,3)4;8*1-2-3;;;;;;;;;;;;;;;;;/h12H2,1-8H3;8*1H2;17*1H4. The molecule has 0 saturated carbocycles. The molecule has 0 saturated heterocycles. The molecule has 0 aromatic rings. The van der Waals surface area contributed by atoms with Gasteiger partial charge in [0.05, 0.1) is 0 Å². The molecule has 0 spiro atoms. The van der Waals surface area contributed by atoms with Crippen LogP contribution in [-0.4, -0.2) is 75.4 Å². The molecule has 0 radical (unpaired) electrons. The van der Waals surface area contributed by atoms with Gasteiger partial charge in [-0.3, -0.25) is 0 Å². The summed E-state index contributed by atoms with van der Waals surface area (Å²) in [5.74, 6) is 0. The van der Waals surface area contributed by atoms with Crippen molar-refractivity contribution >= 4 is 173 Å². The topological polar surface area (TPSA) is 27.7 Å². The van der Waals surface area contributed by atoms with Crippen LogP contribution in [0.1, 0.15) is 126 Å². The van der Waals surface area contributed by atoms with E-state index in [1.165, 1.54) is 0 Å². The van der Waals surface area contributed by atoms with Gasteiger partial charge in [0.1, 0.15) is 9.76 Å². The summed E-state index contributed by atoms with van der Waals surface area (Å²) in [5, 5.41) is 16.7. The first-order chi connectivity index (χ1) is 17.8. The molecule has 0 unspecified atom stereocenters. The van der Waals surface area contributed by atoms with Crippen LogP contribution in [0.25, 0.3) is 0 Å². The molecular formula is C41H110O3S8Si4. The fourth-order valence-corrected chi connectivity index (χ4v) is 16.5. The van der Waals surface area contributed by atoms with E-state index in [0.717, 1.165) is 0 Å². The largest absolute Gasteiger partial charge is 0.442 e. The molecule has 0 aliphatic carbocycles. The van der Waals surface area contributed by atoms with Crippen LogP contribution in [0.2, 0.25) is 52.4 Å². The molecule has 0 heterocycles. The van der Waals surface area contributed by atoms with Gasteiger partial charge in [-0.25, -0.2) is 0 Å². The zero-order valence-corrected chi connectivity index (χ0v) is 35.3. The number of thiocarbonyl (C=S) groups is 8. The van der Waals surface area contributed by atoms with Gasteiger partial charge >= 0.3 is 17.1 Å². The summed E-state index contributed by atoms with van der Waals surface area (Å²) in [6.45, 7) is 41.6. The maximum absolute atomic E-state index is 6.14. The Balaban J connectivity index is -0.00000000804. The summed E-state index contributed by atoms with van der Waals surface area (Å²) in [7, 11) is -5.80. The average molecular weight is 1020 g/mol. The third-order valence-electron chi connectivity index (χ3n) is 1.54. The van der Waals surface area contributed by atoms with Crippen molar-refractivity contribution in [1.29, 1.82) is 0 Å². The maximum Gasteiger partial charge on any atom is 0.312 e. The number of hydrogen-bond acceptors (Lipinski definition) is 11. The SMILES string of the molecule is C.C.C.C.C.C.C.C.C.C.C.C.C.C.C.C.C.C=C=S.C=C=S.C=C=S.C=C=S.C=C=S.C=C=S.C=C=S.C=C=S.C[SiH2]O[Si](C)(C)O[Si](C)(C)O[Si](C)(C)C. The monoisotopic (exact) mass is 1020 g/mol. The normalized spacial score (nSPS) is 5.21. The van der Waals surface area contributed by atoms with Crippen LogP contribution in [0.3, 0.4) is 0 Å². The predicted molar refractivity (Wildman–Crippen MR) is 336 cm³/mol. The van der Waals surface area contributed by atoms with Gasteiger partial charge in [-0.05, 0) is 196 Å². The first-order valence-electron chi connectivity index (χ1n) is 9.98. The number of hydrogen-bond donors (Lipinski definition) is 0. The Morgan fingerprint density at radius 1 is 0.321 bits per heavy atom. The molecule has 56 heavy (non-hydrogen) atoms. The second-order valence-electron chi connectivity index (χ2n) is 6.70. The zero-order valence-electron chi connectivity index (χ0n) is 24.4. The van der Waals surface area contributed by atoms with Crippen molar-refractivity contribution in [1.82, 2.24) is 0 Å². The average Bonchev–Trinajstić information content (AvgIpc) is 2.70. The fraction of sp³-hybridized carbons (Fsp3) is 0.610. The molecule has 0 aromatic heterocycles. The maximum atomic E-state index is 6.14. The molecule has 0 rings (SSSR count). The van der Waals surface area contributed by atoms with E-state index in [1.807, 2.05) is 0 Å². The van der Waals surface area contributed by atoms with Crippen LogP contribution in [0.5, 0.6) is 0 Å². The lowest BCUT2D eigenvalue weighted by Crippen LogP contribution is -2.52. The third-order valence-corrected chi connectivity index (χ3v) is 13.8. The Hall–Kier alpha value is -0.292. The molecule has 0 aliphatic heterocycles. The lowest BCUT2D eigenvalue weighted by atomic mass is 11.3. The summed E-state index contributed by atoms with van der Waals surface area (Å²) in [6.07, 6.45) is 0. The third kappa shape index (κ3) is 605. The minimum atomic E-state index is -1.99. The van der Waals surface area contributed by atoms with Crippen molar-refractivity contribution in [2.24, 2.45) is 0 Å². The Kier molecular flexibility index (Phi) is 603. The minimum absolute atomic E-state index is 0. The van der Waals surface area contributed by atoms with Gasteiger partial charge in [-0.1, -0.05) is 173 Å². The molecule has 15 heteroatoms. The predicted octanol–water partition coefficient (Wildman–Crippen LogP) is 19.4. The molecule has 0 atom stereocenters. The van der Waals surface area contributed by atoms with E-state index in [-0.39, 0.29) is 136 Å². The second-order valence-corrected chi connectivity index (χ2v) is 22.2. The molecular weight excluding hydrogens is 909 g/mol. The van der Waals surface area contributed by atoms with Crippen molar-refractivity contribution in [3.63, 3.8) is 0 Å². The van der Waals surface area contributed by atoms with Gasteiger partial charge in [-0.15, -0.1) is 0 Å². The molecule has 0 N–H and O–H groups in total. The van der Waals surface area contributed by atoms with Crippen LogP contribution in [-0.2, 0) is 12.3 Å². The van der Waals surface area contributed by atoms with Gasteiger partial charge in [0.15, 0.2) is 8.32 Å². The summed E-state index contributed by atoms with van der Waals surface area (Å²) in [5.41, 5.74) is 0. The van der Waals surface area contributed by atoms with Crippen molar-refractivity contribution in [3.05, 3.63) is 52.6 Å². The molecule has 0 aromatic carbocycles. The van der Waals surface area contributed by atoms with Crippen LogP contribution >= 0.6 is 97.7 Å². The van der Waals surface area contributed by atoms with Crippen molar-refractivity contribution in [2.45, 2.75) is 179 Å². The first kappa shape index (κ1) is 189. The van der Waals surface area contributed by atoms with Gasteiger partial charge in [0.2, 0.25) is 0 Å². The van der Waals surface area contributed by atoms with Crippen LogP contribution in [0.15, 0.2) is 52.6 Å². The summed E-state index contributed by atoms with van der Waals surface area (Å²) in [4.78, 5) is 0. The minimum Gasteiger partial charge on any atom is -0.442 e. The Morgan fingerprint density at radius 2 is 0.446 bits per heavy atom. The molecule has 0 bridgehead atoms. The lowest BCUT2D eigenvalue weighted by molar-refractivity contribution is 0.339. The highest BCUT2D eigenvalue weighted by atomic mass is 32.1. The van der Waals surface area contributed by atoms with E-state index in [4.69, 9.17) is 12.3 Å². The van der Waals surface area contributed by atoms with Crippen LogP contribution < -0.4 is 0 Å². The summed E-state index contributed by atoms with van der Waals surface area (Å²) < 4.78 is 18.1. The lowest BCUT2D eigenvalue weighted by Gasteiger charge is -2.36. The highest BCUT2D eigenvalue weighted by molar-refractivity contribution is 7.79. The smallest absolute Gasteiger partial charge is 0.312 e. The fourth-order valence-electron chi connectivity index (χ4n) is 1.73. The van der Waals surface area contributed by atoms with Crippen molar-refractivity contribution in [3.8, 4) is 0 Å². The molecule has 0 aliphatic rings. The van der Waals surface area contributed by atoms with Crippen LogP contribution in [0.4, 0.5) is 0 Å². The Morgan fingerprint density at radius 3 is 0.536 bits per heavy atom. The highest BCUT2D eigenvalue weighted by Gasteiger charge is 2.38. The molecule has 0 amide bonds. The zero-order chi connectivity index (χ0) is 34.0. The molecule has 0 fully saturated rings. The van der Waals surface area contributed by atoms with Crippen molar-refractivity contribution < 1.29 is 12.3 Å². The van der Waals surface area contributed by atoms with Gasteiger partial charge in [0, 0.05) is 0 Å². The van der Waals surface area contributed by atoms with Gasteiger partial charge in [0.25, 0.3) is 0 Å². The number of rotatable bonds is 6.